The molecule has 0 unspecified atom stereocenters. The van der Waals surface area contributed by atoms with Gasteiger partial charge in [0.15, 0.2) is 0 Å². The summed E-state index contributed by atoms with van der Waals surface area (Å²) in [6, 6.07) is 4.75. The predicted octanol–water partition coefficient (Wildman–Crippen LogP) is -2.76. The van der Waals surface area contributed by atoms with E-state index in [1.54, 1.807) is 12.1 Å². The number of carbonyl (C=O) groups is 2. The number of carboxylic acid groups (broad SMARTS) is 1. The van der Waals surface area contributed by atoms with Crippen LogP contribution < -0.4 is 34.7 Å². The van der Waals surface area contributed by atoms with Crippen molar-refractivity contribution in [1.29, 1.82) is 0 Å². The molecule has 0 amide bonds. The van der Waals surface area contributed by atoms with Gasteiger partial charge >= 0.3 is 29.6 Å². The zero-order valence-corrected chi connectivity index (χ0v) is 10.5. The minimum atomic E-state index is -1.66. The molecule has 1 aromatic rings. The Morgan fingerprint density at radius 3 is 2.14 bits per heavy atom. The van der Waals surface area contributed by atoms with Gasteiger partial charge in [0.2, 0.25) is 5.78 Å². The molecule has 0 N–H and O–H groups in total. The number of rotatable bonds is 2. The average molecular weight is 200 g/mol. The van der Waals surface area contributed by atoms with Crippen LogP contribution in [0.3, 0.4) is 0 Å². The summed E-state index contributed by atoms with van der Waals surface area (Å²) in [6.07, 6.45) is 0. The van der Waals surface area contributed by atoms with E-state index in [9.17, 15) is 14.7 Å². The first kappa shape index (κ1) is 13.4. The molecule has 1 aromatic carbocycles. The van der Waals surface area contributed by atoms with E-state index in [1.165, 1.54) is 6.07 Å². The van der Waals surface area contributed by atoms with Gasteiger partial charge in [0, 0.05) is 5.56 Å². The maximum atomic E-state index is 10.9. The number of ketones is 1. The van der Waals surface area contributed by atoms with E-state index in [2.05, 4.69) is 0 Å². The molecule has 0 saturated heterocycles. The summed E-state index contributed by atoms with van der Waals surface area (Å²) in [5, 5.41) is 10.2. The molecular weight excluding hydrogens is 191 g/mol. The van der Waals surface area contributed by atoms with Crippen LogP contribution in [0.1, 0.15) is 21.5 Å². The standard InChI is InChI=1S/C10H10O3.Na/c1-6-3-4-8(5-7(6)2)9(11)10(12)13;/h3-5H,1-2H3,(H,12,13);/q;+1/p-1. The van der Waals surface area contributed by atoms with Crippen molar-refractivity contribution in [2.75, 3.05) is 0 Å². The van der Waals surface area contributed by atoms with Crippen molar-refractivity contribution in [3.05, 3.63) is 34.9 Å². The number of carboxylic acids is 1. The topological polar surface area (TPSA) is 57.2 Å². The number of aliphatic carboxylic acids is 1. The van der Waals surface area contributed by atoms with Crippen molar-refractivity contribution in [2.24, 2.45) is 0 Å². The van der Waals surface area contributed by atoms with E-state index in [0.29, 0.717) is 0 Å². The quantitative estimate of drug-likeness (QED) is 0.295. The van der Waals surface area contributed by atoms with Crippen molar-refractivity contribution in [3.8, 4) is 0 Å². The zero-order chi connectivity index (χ0) is 10.0. The second kappa shape index (κ2) is 5.29. The molecule has 0 heterocycles. The van der Waals surface area contributed by atoms with Crippen LogP contribution in [0.25, 0.3) is 0 Å². The summed E-state index contributed by atoms with van der Waals surface area (Å²) in [4.78, 5) is 21.2. The number of carbonyl (C=O) groups excluding carboxylic acids is 2. The molecule has 0 aliphatic carbocycles. The molecule has 14 heavy (non-hydrogen) atoms. The fourth-order valence-electron chi connectivity index (χ4n) is 1.00. The van der Waals surface area contributed by atoms with Crippen LogP contribution in [0.2, 0.25) is 0 Å². The number of hydrogen-bond acceptors (Lipinski definition) is 3. The first-order valence-electron chi connectivity index (χ1n) is 3.85. The fraction of sp³-hybridized carbons (Fsp3) is 0.200. The van der Waals surface area contributed by atoms with Crippen molar-refractivity contribution in [2.45, 2.75) is 13.8 Å². The van der Waals surface area contributed by atoms with Crippen molar-refractivity contribution < 1.29 is 44.3 Å². The maximum absolute atomic E-state index is 10.9. The molecule has 4 heteroatoms. The first-order chi connectivity index (χ1) is 6.02. The Balaban J connectivity index is 0.00000169. The van der Waals surface area contributed by atoms with Crippen molar-refractivity contribution in [1.82, 2.24) is 0 Å². The van der Waals surface area contributed by atoms with E-state index < -0.39 is 11.8 Å². The molecule has 3 nitrogen and oxygen atoms in total. The third-order valence-electron chi connectivity index (χ3n) is 1.95. The molecule has 0 fully saturated rings. The number of Topliss-reactive ketones (excluding diaryl/α,β-unsaturated/α-hetero) is 1. The second-order valence-electron chi connectivity index (χ2n) is 2.92. The van der Waals surface area contributed by atoms with Crippen LogP contribution in [0.5, 0.6) is 0 Å². The Hall–Kier alpha value is -0.640. The number of benzene rings is 1. The van der Waals surface area contributed by atoms with Gasteiger partial charge in [-0.05, 0) is 31.0 Å². The Morgan fingerprint density at radius 1 is 1.14 bits per heavy atom. The van der Waals surface area contributed by atoms with Crippen LogP contribution in [0.4, 0.5) is 0 Å². The van der Waals surface area contributed by atoms with Gasteiger partial charge in [-0.25, -0.2) is 0 Å². The SMILES string of the molecule is Cc1ccc(C(=O)C(=O)[O-])cc1C.[Na+]. The van der Waals surface area contributed by atoms with Gasteiger partial charge in [-0.3, -0.25) is 4.79 Å². The molecule has 0 spiro atoms. The Kier molecular flexibility index (Phi) is 5.05. The average Bonchev–Trinajstić information content (AvgIpc) is 2.08. The molecule has 1 rings (SSSR count). The van der Waals surface area contributed by atoms with Crippen LogP contribution in [-0.2, 0) is 4.79 Å². The summed E-state index contributed by atoms with van der Waals surface area (Å²) in [6.45, 7) is 3.71. The van der Waals surface area contributed by atoms with Gasteiger partial charge in [-0.2, -0.15) is 0 Å². The molecular formula is C10H9NaO3. The van der Waals surface area contributed by atoms with Crippen LogP contribution in [0, 0.1) is 13.8 Å². The van der Waals surface area contributed by atoms with E-state index in [0.717, 1.165) is 11.1 Å². The normalized spacial score (nSPS) is 9.00. The smallest absolute Gasteiger partial charge is 0.541 e. The van der Waals surface area contributed by atoms with E-state index >= 15 is 0 Å². The zero-order valence-electron chi connectivity index (χ0n) is 8.46. The minimum absolute atomic E-state index is 0. The van der Waals surface area contributed by atoms with E-state index in [4.69, 9.17) is 0 Å². The molecule has 0 atom stereocenters. The van der Waals surface area contributed by atoms with E-state index in [-0.39, 0.29) is 35.1 Å². The number of hydrogen-bond donors (Lipinski definition) is 0. The first-order valence-corrected chi connectivity index (χ1v) is 3.85. The molecule has 0 aromatic heterocycles. The summed E-state index contributed by atoms with van der Waals surface area (Å²) >= 11 is 0. The molecule has 68 valence electrons. The van der Waals surface area contributed by atoms with Crippen LogP contribution in [0.15, 0.2) is 18.2 Å². The third-order valence-corrected chi connectivity index (χ3v) is 1.95. The van der Waals surface area contributed by atoms with Gasteiger partial charge in [0.25, 0.3) is 0 Å². The molecule has 0 bridgehead atoms. The fourth-order valence-corrected chi connectivity index (χ4v) is 1.00. The van der Waals surface area contributed by atoms with Crippen molar-refractivity contribution in [3.63, 3.8) is 0 Å². The van der Waals surface area contributed by atoms with Crippen molar-refractivity contribution >= 4 is 11.8 Å². The van der Waals surface area contributed by atoms with Crippen LogP contribution in [-0.4, -0.2) is 11.8 Å². The van der Waals surface area contributed by atoms with Gasteiger partial charge in [-0.15, -0.1) is 0 Å². The minimum Gasteiger partial charge on any atom is -0.541 e. The van der Waals surface area contributed by atoms with Gasteiger partial charge in [-0.1, -0.05) is 12.1 Å². The predicted molar refractivity (Wildman–Crippen MR) is 45.3 cm³/mol. The summed E-state index contributed by atoms with van der Waals surface area (Å²) in [5.74, 6) is -2.63. The van der Waals surface area contributed by atoms with Gasteiger partial charge in [0.05, 0.1) is 0 Å². The monoisotopic (exact) mass is 200 g/mol. The van der Waals surface area contributed by atoms with Gasteiger partial charge < -0.3 is 9.90 Å². The molecule has 0 aliphatic rings. The Morgan fingerprint density at radius 2 is 1.71 bits per heavy atom. The largest absolute Gasteiger partial charge is 1.00 e. The summed E-state index contributed by atoms with van der Waals surface area (Å²) in [7, 11) is 0. The summed E-state index contributed by atoms with van der Waals surface area (Å²) in [5.41, 5.74) is 2.09. The third kappa shape index (κ3) is 2.94. The van der Waals surface area contributed by atoms with Gasteiger partial charge in [0.1, 0.15) is 5.97 Å². The Bertz CT molecular complexity index is 372. The molecule has 0 saturated carbocycles. The van der Waals surface area contributed by atoms with E-state index in [1.807, 2.05) is 13.8 Å². The van der Waals surface area contributed by atoms with Crippen LogP contribution >= 0.6 is 0 Å². The number of aryl methyl sites for hydroxylation is 2. The Labute approximate surface area is 104 Å². The molecule has 0 aliphatic heterocycles. The second-order valence-corrected chi connectivity index (χ2v) is 2.92. The summed E-state index contributed by atoms with van der Waals surface area (Å²) < 4.78 is 0. The molecule has 0 radical (unpaired) electrons. The maximum Gasteiger partial charge on any atom is 1.00 e.